The molecule has 12 heteroatoms. The molecule has 0 N–H and O–H groups in total. The van der Waals surface area contributed by atoms with Crippen molar-refractivity contribution < 1.29 is 42.9 Å². The Morgan fingerprint density at radius 1 is 1.00 bits per heavy atom. The Bertz CT molecular complexity index is 870. The molecule has 1 heterocycles. The van der Waals surface area contributed by atoms with E-state index in [4.69, 9.17) is 29.2 Å². The van der Waals surface area contributed by atoms with Gasteiger partial charge in [0.1, 0.15) is 12.7 Å². The Morgan fingerprint density at radius 3 is 2.13 bits per heavy atom. The number of rotatable bonds is 8. The van der Waals surface area contributed by atoms with Gasteiger partial charge in [-0.3, -0.25) is 19.2 Å². The second-order valence-electron chi connectivity index (χ2n) is 6.47. The number of carbonyl (C=O) groups is 4. The number of esters is 4. The molecule has 1 saturated heterocycles. The largest absolute Gasteiger partial charge is 0.460 e. The first-order valence-electron chi connectivity index (χ1n) is 9.14. The third-order valence-electron chi connectivity index (χ3n) is 4.05. The fraction of sp³-hybridized carbons (Fsp3) is 0.474. The molecule has 0 saturated carbocycles. The van der Waals surface area contributed by atoms with Crippen LogP contribution in [0.5, 0.6) is 0 Å². The summed E-state index contributed by atoms with van der Waals surface area (Å²) in [5.41, 5.74) is 9.61. The number of ether oxygens (including phenoxy) is 5. The van der Waals surface area contributed by atoms with Crippen molar-refractivity contribution in [1.29, 1.82) is 0 Å². The lowest BCUT2D eigenvalue weighted by molar-refractivity contribution is -0.196. The summed E-state index contributed by atoms with van der Waals surface area (Å²) in [6.07, 6.45) is -5.76. The molecule has 0 bridgehead atoms. The van der Waals surface area contributed by atoms with Gasteiger partial charge in [0.05, 0.1) is 0 Å². The van der Waals surface area contributed by atoms with Gasteiger partial charge in [-0.25, -0.2) is 0 Å². The van der Waals surface area contributed by atoms with Crippen molar-refractivity contribution in [2.24, 2.45) is 5.11 Å². The SMILES string of the molecule is CC(=O)O[C@H]1O[C@H]([C@H](N=[N+]=[N-])C(=O)OCc2ccccc2)[C@@H](OC(C)=O)[C@H]1OC(C)=O. The monoisotopic (exact) mass is 435 g/mol. The molecule has 1 fully saturated rings. The van der Waals surface area contributed by atoms with Crippen molar-refractivity contribution in [2.75, 3.05) is 0 Å². The minimum atomic E-state index is -1.63. The van der Waals surface area contributed by atoms with Crippen LogP contribution in [0, 0.1) is 0 Å². The van der Waals surface area contributed by atoms with Crippen molar-refractivity contribution in [1.82, 2.24) is 0 Å². The highest BCUT2D eigenvalue weighted by Crippen LogP contribution is 2.32. The first-order chi connectivity index (χ1) is 14.7. The summed E-state index contributed by atoms with van der Waals surface area (Å²) in [5, 5.41) is 3.41. The number of azide groups is 1. The summed E-state index contributed by atoms with van der Waals surface area (Å²) in [6.45, 7) is 3.13. The van der Waals surface area contributed by atoms with Gasteiger partial charge < -0.3 is 23.7 Å². The molecular weight excluding hydrogens is 414 g/mol. The van der Waals surface area contributed by atoms with Crippen LogP contribution in [0.2, 0.25) is 0 Å². The average molecular weight is 435 g/mol. The number of nitrogens with zero attached hydrogens (tertiary/aromatic N) is 3. The summed E-state index contributed by atoms with van der Waals surface area (Å²) in [7, 11) is 0. The summed E-state index contributed by atoms with van der Waals surface area (Å²) < 4.78 is 26.0. The zero-order chi connectivity index (χ0) is 23.0. The minimum absolute atomic E-state index is 0.122. The highest BCUT2D eigenvalue weighted by molar-refractivity contribution is 5.77. The lowest BCUT2D eigenvalue weighted by Gasteiger charge is -2.24. The second kappa shape index (κ2) is 11.0. The molecule has 0 aromatic heterocycles. The van der Waals surface area contributed by atoms with Crippen molar-refractivity contribution >= 4 is 23.9 Å². The molecule has 12 nitrogen and oxygen atoms in total. The number of carbonyl (C=O) groups excluding carboxylic acids is 4. The molecule has 0 radical (unpaired) electrons. The Balaban J connectivity index is 2.30. The first-order valence-corrected chi connectivity index (χ1v) is 9.14. The Labute approximate surface area is 177 Å². The maximum atomic E-state index is 12.7. The summed E-state index contributed by atoms with van der Waals surface area (Å²) in [5.74, 6) is -3.34. The molecule has 2 rings (SSSR count). The molecule has 1 aromatic carbocycles. The normalized spacial score (nSPS) is 23.1. The maximum absolute atomic E-state index is 12.7. The third-order valence-corrected chi connectivity index (χ3v) is 4.05. The van der Waals surface area contributed by atoms with Crippen LogP contribution in [0.4, 0.5) is 0 Å². The third kappa shape index (κ3) is 6.69. The van der Waals surface area contributed by atoms with Crippen molar-refractivity contribution in [3.63, 3.8) is 0 Å². The zero-order valence-electron chi connectivity index (χ0n) is 17.0. The first kappa shape index (κ1) is 23.6. The molecular formula is C19H21N3O9. The molecule has 1 aliphatic heterocycles. The predicted octanol–water partition coefficient (Wildman–Crippen LogP) is 1.56. The van der Waals surface area contributed by atoms with Gasteiger partial charge in [-0.1, -0.05) is 35.4 Å². The smallest absolute Gasteiger partial charge is 0.318 e. The van der Waals surface area contributed by atoms with Gasteiger partial charge in [0, 0.05) is 25.7 Å². The second-order valence-corrected chi connectivity index (χ2v) is 6.47. The fourth-order valence-corrected chi connectivity index (χ4v) is 2.92. The van der Waals surface area contributed by atoms with Gasteiger partial charge >= 0.3 is 23.9 Å². The molecule has 166 valence electrons. The summed E-state index contributed by atoms with van der Waals surface area (Å²) in [6, 6.07) is 7.09. The van der Waals surface area contributed by atoms with Crippen LogP contribution in [0.25, 0.3) is 10.4 Å². The van der Waals surface area contributed by atoms with Crippen LogP contribution in [-0.2, 0) is 49.5 Å². The van der Waals surface area contributed by atoms with Gasteiger partial charge in [0.2, 0.25) is 12.4 Å². The van der Waals surface area contributed by atoms with Gasteiger partial charge in [-0.05, 0) is 11.1 Å². The van der Waals surface area contributed by atoms with Gasteiger partial charge in [-0.2, -0.15) is 0 Å². The number of hydrogen-bond acceptors (Lipinski definition) is 10. The van der Waals surface area contributed by atoms with E-state index in [9.17, 15) is 19.2 Å². The van der Waals surface area contributed by atoms with Crippen LogP contribution < -0.4 is 0 Å². The van der Waals surface area contributed by atoms with E-state index in [1.165, 1.54) is 0 Å². The molecule has 5 atom stereocenters. The maximum Gasteiger partial charge on any atom is 0.318 e. The van der Waals surface area contributed by atoms with Crippen LogP contribution in [0.1, 0.15) is 26.3 Å². The Hall–Kier alpha value is -3.63. The molecule has 1 aromatic rings. The van der Waals surface area contributed by atoms with Gasteiger partial charge in [0.25, 0.3) is 0 Å². The van der Waals surface area contributed by atoms with Crippen molar-refractivity contribution in [2.45, 2.75) is 58.0 Å². The van der Waals surface area contributed by atoms with E-state index in [2.05, 4.69) is 10.0 Å². The van der Waals surface area contributed by atoms with E-state index in [0.29, 0.717) is 5.56 Å². The standard InChI is InChI=1S/C19H21N3O9/c1-10(23)28-16-15(31-19(30-12(3)25)17(16)29-11(2)24)14(21-22-20)18(26)27-9-13-7-5-4-6-8-13/h4-8,14-17,19H,9H2,1-3H3/t14-,15+,16+,17+,19-/m0/s1. The topological polar surface area (TPSA) is 163 Å². The molecule has 0 spiro atoms. The van der Waals surface area contributed by atoms with Crippen molar-refractivity contribution in [3.8, 4) is 0 Å². The molecule has 1 aliphatic rings. The van der Waals surface area contributed by atoms with Crippen LogP contribution in [0.3, 0.4) is 0 Å². The lowest BCUT2D eigenvalue weighted by atomic mass is 10.0. The Morgan fingerprint density at radius 2 is 1.58 bits per heavy atom. The van der Waals surface area contributed by atoms with Crippen LogP contribution in [0.15, 0.2) is 35.4 Å². The zero-order valence-corrected chi connectivity index (χ0v) is 17.0. The van der Waals surface area contributed by atoms with E-state index >= 15 is 0 Å². The quantitative estimate of drug-likeness (QED) is 0.194. The van der Waals surface area contributed by atoms with E-state index in [1.54, 1.807) is 30.3 Å². The van der Waals surface area contributed by atoms with Gasteiger partial charge in [0.15, 0.2) is 12.1 Å². The molecule has 31 heavy (non-hydrogen) atoms. The highest BCUT2D eigenvalue weighted by atomic mass is 16.7. The predicted molar refractivity (Wildman–Crippen MR) is 101 cm³/mol. The molecule has 0 unspecified atom stereocenters. The summed E-state index contributed by atoms with van der Waals surface area (Å²) >= 11 is 0. The minimum Gasteiger partial charge on any atom is -0.460 e. The number of hydrogen-bond donors (Lipinski definition) is 0. The van der Waals surface area contributed by atoms with Crippen LogP contribution in [-0.4, -0.2) is 54.5 Å². The lowest BCUT2D eigenvalue weighted by Crippen LogP contribution is -2.46. The van der Waals surface area contributed by atoms with E-state index in [1.807, 2.05) is 0 Å². The van der Waals surface area contributed by atoms with Gasteiger partial charge in [-0.15, -0.1) is 0 Å². The van der Waals surface area contributed by atoms with E-state index in [0.717, 1.165) is 20.8 Å². The molecule has 0 amide bonds. The van der Waals surface area contributed by atoms with Crippen LogP contribution >= 0.6 is 0 Å². The van der Waals surface area contributed by atoms with Crippen molar-refractivity contribution in [3.05, 3.63) is 46.3 Å². The average Bonchev–Trinajstić information content (AvgIpc) is 3.00. The fourth-order valence-electron chi connectivity index (χ4n) is 2.92. The van der Waals surface area contributed by atoms with E-state index in [-0.39, 0.29) is 6.61 Å². The number of benzene rings is 1. The Kier molecular flexibility index (Phi) is 8.35. The summed E-state index contributed by atoms with van der Waals surface area (Å²) in [4.78, 5) is 49.9. The van der Waals surface area contributed by atoms with E-state index < -0.39 is 54.5 Å². The highest BCUT2D eigenvalue weighted by Gasteiger charge is 2.55. The molecule has 0 aliphatic carbocycles.